The number of hydrogen-bond donors (Lipinski definition) is 3. The van der Waals surface area contributed by atoms with Crippen LogP contribution in [-0.4, -0.2) is 36.1 Å². The summed E-state index contributed by atoms with van der Waals surface area (Å²) >= 11 is 5.10. The number of phenolic OH excluding ortho intramolecular Hbond substituents is 1. The zero-order chi connectivity index (χ0) is 16.4. The molecule has 5 nitrogen and oxygen atoms in total. The summed E-state index contributed by atoms with van der Waals surface area (Å²) in [5.74, 6) is 0.208. The number of rotatable bonds is 8. The lowest BCUT2D eigenvalue weighted by atomic mass is 10.2. The number of anilines is 1. The Bertz CT molecular complexity index is 501. The maximum Gasteiger partial charge on any atom is 0.186 e. The van der Waals surface area contributed by atoms with E-state index in [-0.39, 0.29) is 5.75 Å². The highest BCUT2D eigenvalue weighted by Crippen LogP contribution is 2.23. The van der Waals surface area contributed by atoms with E-state index < -0.39 is 0 Å². The number of nitrogens with zero attached hydrogens (tertiary/aromatic N) is 2. The average Bonchev–Trinajstić information content (AvgIpc) is 2.51. The Balaban J connectivity index is 2.59. The fourth-order valence-electron chi connectivity index (χ4n) is 2.01. The van der Waals surface area contributed by atoms with Gasteiger partial charge in [0, 0.05) is 37.0 Å². The largest absolute Gasteiger partial charge is 0.507 e. The Morgan fingerprint density at radius 3 is 2.64 bits per heavy atom. The second-order valence-corrected chi connectivity index (χ2v) is 5.30. The third kappa shape index (κ3) is 5.89. The van der Waals surface area contributed by atoms with Gasteiger partial charge in [0.25, 0.3) is 0 Å². The van der Waals surface area contributed by atoms with E-state index >= 15 is 0 Å². The van der Waals surface area contributed by atoms with Crippen LogP contribution in [0.3, 0.4) is 0 Å². The Labute approximate surface area is 138 Å². The van der Waals surface area contributed by atoms with Gasteiger partial charge in [0.15, 0.2) is 5.11 Å². The average molecular weight is 322 g/mol. The number of unbranched alkanes of at least 4 members (excludes halogenated alkanes) is 1. The van der Waals surface area contributed by atoms with Crippen LogP contribution in [0.25, 0.3) is 0 Å². The molecule has 0 saturated heterocycles. The van der Waals surface area contributed by atoms with Crippen molar-refractivity contribution in [3.8, 4) is 5.75 Å². The molecule has 0 heterocycles. The van der Waals surface area contributed by atoms with Crippen LogP contribution in [0.15, 0.2) is 23.3 Å². The quantitative estimate of drug-likeness (QED) is 0.297. The molecule has 0 amide bonds. The Hall–Kier alpha value is -1.82. The first-order chi connectivity index (χ1) is 10.6. The maximum atomic E-state index is 10.1. The Morgan fingerprint density at radius 1 is 1.32 bits per heavy atom. The number of thiocarbonyl (C=S) groups is 1. The summed E-state index contributed by atoms with van der Waals surface area (Å²) in [6, 6.07) is 5.58. The van der Waals surface area contributed by atoms with E-state index in [1.54, 1.807) is 12.3 Å². The first-order valence-corrected chi connectivity index (χ1v) is 8.18. The molecular formula is C16H26N4OS. The first-order valence-electron chi connectivity index (χ1n) is 7.77. The monoisotopic (exact) mass is 322 g/mol. The molecule has 1 aromatic rings. The number of aromatic hydroxyl groups is 1. The van der Waals surface area contributed by atoms with E-state index in [2.05, 4.69) is 41.5 Å². The first kappa shape index (κ1) is 18.2. The van der Waals surface area contributed by atoms with Gasteiger partial charge < -0.3 is 15.3 Å². The SMILES string of the molecule is CCCCNC(=S)N/N=C/c1ccc(N(CC)CC)cc1O. The van der Waals surface area contributed by atoms with Crippen LogP contribution in [0.2, 0.25) is 0 Å². The molecule has 3 N–H and O–H groups in total. The summed E-state index contributed by atoms with van der Waals surface area (Å²) < 4.78 is 0. The van der Waals surface area contributed by atoms with E-state index in [1.165, 1.54) is 0 Å². The molecule has 0 unspecified atom stereocenters. The van der Waals surface area contributed by atoms with E-state index in [0.29, 0.717) is 10.7 Å². The van der Waals surface area contributed by atoms with Gasteiger partial charge in [0.2, 0.25) is 0 Å². The van der Waals surface area contributed by atoms with Crippen LogP contribution in [0.1, 0.15) is 39.2 Å². The van der Waals surface area contributed by atoms with E-state index in [1.807, 2.05) is 12.1 Å². The van der Waals surface area contributed by atoms with Crippen molar-refractivity contribution in [3.05, 3.63) is 23.8 Å². The molecule has 0 aliphatic carbocycles. The van der Waals surface area contributed by atoms with Crippen LogP contribution >= 0.6 is 12.2 Å². The smallest absolute Gasteiger partial charge is 0.186 e. The minimum absolute atomic E-state index is 0.208. The van der Waals surface area contributed by atoms with Gasteiger partial charge in [-0.3, -0.25) is 5.43 Å². The van der Waals surface area contributed by atoms with Gasteiger partial charge in [0.1, 0.15) is 5.75 Å². The van der Waals surface area contributed by atoms with E-state index in [9.17, 15) is 5.11 Å². The van der Waals surface area contributed by atoms with Crippen molar-refractivity contribution in [1.29, 1.82) is 0 Å². The van der Waals surface area contributed by atoms with E-state index in [0.717, 1.165) is 38.2 Å². The van der Waals surface area contributed by atoms with E-state index in [4.69, 9.17) is 12.2 Å². The second-order valence-electron chi connectivity index (χ2n) is 4.89. The molecule has 0 spiro atoms. The third-order valence-electron chi connectivity index (χ3n) is 3.33. The summed E-state index contributed by atoms with van der Waals surface area (Å²) in [5, 5.41) is 17.7. The van der Waals surface area contributed by atoms with Crippen molar-refractivity contribution < 1.29 is 5.11 Å². The van der Waals surface area contributed by atoms with Gasteiger partial charge in [0.05, 0.1) is 6.21 Å². The molecule has 0 aromatic heterocycles. The number of hydrogen-bond acceptors (Lipinski definition) is 4. The van der Waals surface area contributed by atoms with Crippen LogP contribution in [0.5, 0.6) is 5.75 Å². The lowest BCUT2D eigenvalue weighted by Gasteiger charge is -2.21. The molecule has 1 rings (SSSR count). The van der Waals surface area contributed by atoms with Crippen LogP contribution in [-0.2, 0) is 0 Å². The predicted octanol–water partition coefficient (Wildman–Crippen LogP) is 2.84. The summed E-state index contributed by atoms with van der Waals surface area (Å²) in [6.07, 6.45) is 3.75. The van der Waals surface area contributed by atoms with Crippen molar-refractivity contribution in [2.75, 3.05) is 24.5 Å². The normalized spacial score (nSPS) is 10.7. The van der Waals surface area contributed by atoms with Crippen molar-refractivity contribution in [2.45, 2.75) is 33.6 Å². The summed E-state index contributed by atoms with van der Waals surface area (Å²) in [4.78, 5) is 2.17. The molecule has 0 aliphatic rings. The molecule has 22 heavy (non-hydrogen) atoms. The number of nitrogens with one attached hydrogen (secondary N) is 2. The van der Waals surface area contributed by atoms with Gasteiger partial charge in [-0.1, -0.05) is 13.3 Å². The molecular weight excluding hydrogens is 296 g/mol. The van der Waals surface area contributed by atoms with Crippen LogP contribution in [0, 0.1) is 0 Å². The molecule has 0 fully saturated rings. The second kappa shape index (κ2) is 10.00. The molecule has 0 bridgehead atoms. The molecule has 0 aliphatic heterocycles. The van der Waals surface area contributed by atoms with Gasteiger partial charge in [-0.05, 0) is 44.6 Å². The highest BCUT2D eigenvalue weighted by Gasteiger charge is 2.05. The summed E-state index contributed by atoms with van der Waals surface area (Å²) in [5.41, 5.74) is 4.40. The maximum absolute atomic E-state index is 10.1. The number of benzene rings is 1. The van der Waals surface area contributed by atoms with Crippen molar-refractivity contribution in [2.24, 2.45) is 5.10 Å². The lowest BCUT2D eigenvalue weighted by molar-refractivity contribution is 0.474. The fraction of sp³-hybridized carbons (Fsp3) is 0.500. The lowest BCUT2D eigenvalue weighted by Crippen LogP contribution is -2.32. The van der Waals surface area contributed by atoms with Crippen molar-refractivity contribution in [1.82, 2.24) is 10.7 Å². The molecule has 6 heteroatoms. The minimum atomic E-state index is 0.208. The van der Waals surface area contributed by atoms with Crippen LogP contribution < -0.4 is 15.6 Å². The zero-order valence-electron chi connectivity index (χ0n) is 13.6. The standard InChI is InChI=1S/C16H26N4OS/c1-4-7-10-17-16(22)19-18-12-13-8-9-14(11-15(13)21)20(5-2)6-3/h8-9,11-12,21H,4-7,10H2,1-3H3,(H2,17,19,22)/b18-12+. The zero-order valence-corrected chi connectivity index (χ0v) is 14.4. The number of hydrazone groups is 1. The highest BCUT2D eigenvalue weighted by atomic mass is 32.1. The number of phenols is 1. The molecule has 0 radical (unpaired) electrons. The third-order valence-corrected chi connectivity index (χ3v) is 3.56. The molecule has 0 saturated carbocycles. The van der Waals surface area contributed by atoms with Crippen molar-refractivity contribution >= 4 is 29.2 Å². The topological polar surface area (TPSA) is 59.9 Å². The Kier molecular flexibility index (Phi) is 8.28. The minimum Gasteiger partial charge on any atom is -0.507 e. The summed E-state index contributed by atoms with van der Waals surface area (Å²) in [7, 11) is 0. The van der Waals surface area contributed by atoms with Crippen LogP contribution in [0.4, 0.5) is 5.69 Å². The van der Waals surface area contributed by atoms with Crippen molar-refractivity contribution in [3.63, 3.8) is 0 Å². The summed E-state index contributed by atoms with van der Waals surface area (Å²) in [6.45, 7) is 8.95. The van der Waals surface area contributed by atoms with Gasteiger partial charge in [-0.2, -0.15) is 5.10 Å². The predicted molar refractivity (Wildman–Crippen MR) is 97.9 cm³/mol. The van der Waals surface area contributed by atoms with Gasteiger partial charge in [-0.25, -0.2) is 0 Å². The van der Waals surface area contributed by atoms with Gasteiger partial charge >= 0.3 is 0 Å². The molecule has 0 atom stereocenters. The molecule has 122 valence electrons. The highest BCUT2D eigenvalue weighted by molar-refractivity contribution is 7.80. The fourth-order valence-corrected chi connectivity index (χ4v) is 2.16. The Morgan fingerprint density at radius 2 is 2.05 bits per heavy atom. The van der Waals surface area contributed by atoms with Gasteiger partial charge in [-0.15, -0.1) is 0 Å². The molecule has 1 aromatic carbocycles.